The Balaban J connectivity index is 4.26. The maximum atomic E-state index is 4.15. The summed E-state index contributed by atoms with van der Waals surface area (Å²) in [6, 6.07) is 0. The van der Waals surface area contributed by atoms with Crippen LogP contribution in [0.3, 0.4) is 0 Å². The van der Waals surface area contributed by atoms with Crippen LogP contribution in [0.5, 0.6) is 0 Å². The Hall–Kier alpha value is 0.495. The molecule has 0 nitrogen and oxygen atoms in total. The van der Waals surface area contributed by atoms with Crippen LogP contribution in [0.2, 0.25) is 0 Å². The number of rotatable bonds is 0. The summed E-state index contributed by atoms with van der Waals surface area (Å²) in [5.41, 5.74) is 0. The number of hydrogen-bond donors (Lipinski definition) is 0. The predicted octanol–water partition coefficient (Wildman–Crippen LogP) is 1.88. The van der Waals surface area contributed by atoms with Gasteiger partial charge in [0.1, 0.15) is 0 Å². The third-order valence-corrected chi connectivity index (χ3v) is 5.45. The second-order valence-electron chi connectivity index (χ2n) is 3.86. The van der Waals surface area contributed by atoms with E-state index in [2.05, 4.69) is 41.3 Å². The molecule has 0 aromatic heterocycles. The van der Waals surface area contributed by atoms with E-state index in [9.17, 15) is 0 Å². The van der Waals surface area contributed by atoms with E-state index in [1.54, 1.807) is 0 Å². The monoisotopic (exact) mass is 130 g/mol. The molecule has 0 N–H and O–H groups in total. The molecule has 0 heterocycles. The van der Waals surface area contributed by atoms with Gasteiger partial charge in [0, 0.05) is 0 Å². The summed E-state index contributed by atoms with van der Waals surface area (Å²) in [5, 5.41) is 0.438. The molecular weight excluding hydrogens is 114 g/mol. The van der Waals surface area contributed by atoms with Crippen LogP contribution in [0.25, 0.3) is 0 Å². The van der Waals surface area contributed by atoms with Gasteiger partial charge in [-0.25, -0.2) is 0 Å². The van der Waals surface area contributed by atoms with Gasteiger partial charge in [0.15, 0.2) is 0 Å². The van der Waals surface area contributed by atoms with Crippen molar-refractivity contribution in [3.63, 3.8) is 0 Å². The summed E-state index contributed by atoms with van der Waals surface area (Å²) in [5.74, 6) is 0. The summed E-state index contributed by atoms with van der Waals surface area (Å²) >= 11 is 0. The molecule has 48 valence electrons. The van der Waals surface area contributed by atoms with E-state index in [1.807, 2.05) is 0 Å². The van der Waals surface area contributed by atoms with Crippen LogP contribution in [0, 0.1) is 0 Å². The first-order valence-electron chi connectivity index (χ1n) is 2.93. The molecule has 0 aromatic rings. The van der Waals surface area contributed by atoms with Gasteiger partial charge in [-0.05, 0) is 0 Å². The number of hydrogen-bond acceptors (Lipinski definition) is 0. The summed E-state index contributed by atoms with van der Waals surface area (Å²) < 4.78 is 0. The van der Waals surface area contributed by atoms with Crippen molar-refractivity contribution < 1.29 is 0 Å². The molecule has 0 rings (SSSR count). The fourth-order valence-corrected chi connectivity index (χ4v) is 0. The second-order valence-corrected chi connectivity index (χ2v) is 8.57. The standard InChI is InChI=1S/C6H16BP/c1-6(2,3)8(4,5)7/h7H,1-5H3. The van der Waals surface area contributed by atoms with E-state index in [-0.39, 0.29) is 0 Å². The Bertz CT molecular complexity index is 115. The zero-order chi connectivity index (χ0) is 7.00. The fraction of sp³-hybridized carbons (Fsp3) is 1.00. The second kappa shape index (κ2) is 2.03. The zero-order valence-electron chi connectivity index (χ0n) is 6.65. The average Bonchev–Trinajstić information content (AvgIpc) is 1.25. The van der Waals surface area contributed by atoms with Gasteiger partial charge < -0.3 is 0 Å². The van der Waals surface area contributed by atoms with Crippen LogP contribution in [0.1, 0.15) is 20.8 Å². The topological polar surface area (TPSA) is 0 Å². The van der Waals surface area contributed by atoms with Crippen molar-refractivity contribution in [2.45, 2.75) is 25.9 Å². The first kappa shape index (κ1) is 8.49. The van der Waals surface area contributed by atoms with E-state index in [4.69, 9.17) is 0 Å². The van der Waals surface area contributed by atoms with Gasteiger partial charge in [0.05, 0.1) is 0 Å². The molecular formula is C6H16BP. The Kier molecular flexibility index (Phi) is 2.15. The first-order valence-corrected chi connectivity index (χ1v) is 5.80. The molecule has 8 heavy (non-hydrogen) atoms. The summed E-state index contributed by atoms with van der Waals surface area (Å²) in [4.78, 5) is 0. The third kappa shape index (κ3) is 2.18. The summed E-state index contributed by atoms with van der Waals surface area (Å²) in [6.45, 7) is 10.5. The summed E-state index contributed by atoms with van der Waals surface area (Å²) in [7, 11) is 4.15. The maximum absolute atomic E-state index is 4.15. The van der Waals surface area contributed by atoms with Gasteiger partial charge in [-0.3, -0.25) is 0 Å². The molecule has 0 spiro atoms. The van der Waals surface area contributed by atoms with Gasteiger partial charge in [0.25, 0.3) is 0 Å². The van der Waals surface area contributed by atoms with Crippen LogP contribution in [0.4, 0.5) is 0 Å². The molecule has 0 aliphatic heterocycles. The van der Waals surface area contributed by atoms with E-state index in [0.717, 1.165) is 0 Å². The van der Waals surface area contributed by atoms with Crippen molar-refractivity contribution in [2.75, 3.05) is 13.3 Å². The Morgan fingerprint density at radius 2 is 1.25 bits per heavy atom. The van der Waals surface area contributed by atoms with Crippen molar-refractivity contribution in [2.24, 2.45) is 0 Å². The van der Waals surface area contributed by atoms with Gasteiger partial charge in [-0.1, -0.05) is 0 Å². The first-order chi connectivity index (χ1) is 3.25. The molecule has 0 saturated carbocycles. The van der Waals surface area contributed by atoms with Gasteiger partial charge in [-0.15, -0.1) is 0 Å². The molecule has 0 atom stereocenters. The molecule has 0 aliphatic rings. The Morgan fingerprint density at radius 3 is 1.25 bits per heavy atom. The van der Waals surface area contributed by atoms with Gasteiger partial charge in [-0.2, -0.15) is 0 Å². The van der Waals surface area contributed by atoms with E-state index in [0.29, 0.717) is 5.16 Å². The SMILES string of the molecule is B=P(C)(C)C(C)(C)C. The molecule has 0 bridgehead atoms. The quantitative estimate of drug-likeness (QED) is 0.347. The van der Waals surface area contributed by atoms with Crippen LogP contribution in [-0.2, 0) is 0 Å². The van der Waals surface area contributed by atoms with Gasteiger partial charge in [0.2, 0.25) is 0 Å². The Morgan fingerprint density at radius 1 is 1.12 bits per heavy atom. The van der Waals surface area contributed by atoms with Crippen molar-refractivity contribution in [3.8, 4) is 0 Å². The van der Waals surface area contributed by atoms with Crippen molar-refractivity contribution in [3.05, 3.63) is 0 Å². The van der Waals surface area contributed by atoms with E-state index < -0.39 is 6.75 Å². The van der Waals surface area contributed by atoms with Crippen molar-refractivity contribution in [1.82, 2.24) is 0 Å². The van der Waals surface area contributed by atoms with Crippen LogP contribution < -0.4 is 0 Å². The molecule has 2 heteroatoms. The Labute approximate surface area is 54.0 Å². The zero-order valence-corrected chi connectivity index (χ0v) is 7.55. The van der Waals surface area contributed by atoms with Gasteiger partial charge >= 0.3 is 53.2 Å². The average molecular weight is 130 g/mol. The molecule has 0 aliphatic carbocycles. The van der Waals surface area contributed by atoms with Crippen LogP contribution in [-0.4, -0.2) is 25.7 Å². The molecule has 0 aromatic carbocycles. The molecule has 0 radical (unpaired) electrons. The van der Waals surface area contributed by atoms with E-state index in [1.165, 1.54) is 0 Å². The fourth-order valence-electron chi connectivity index (χ4n) is 0. The van der Waals surface area contributed by atoms with Crippen molar-refractivity contribution in [1.29, 1.82) is 0 Å². The van der Waals surface area contributed by atoms with Crippen molar-refractivity contribution >= 4 is 13.9 Å². The van der Waals surface area contributed by atoms with Crippen LogP contribution >= 0.6 is 6.75 Å². The molecule has 0 fully saturated rings. The minimum absolute atomic E-state index is 0.438. The van der Waals surface area contributed by atoms with Crippen LogP contribution in [0.15, 0.2) is 0 Å². The third-order valence-electron chi connectivity index (χ3n) is 1.82. The minimum atomic E-state index is -0.850. The summed E-state index contributed by atoms with van der Waals surface area (Å²) in [6.07, 6.45) is 0. The molecule has 0 amide bonds. The molecule has 0 saturated heterocycles. The molecule has 0 unspecified atom stereocenters. The normalized spacial score (nSPS) is 14.0. The van der Waals surface area contributed by atoms with E-state index >= 15 is 0 Å². The predicted molar refractivity (Wildman–Crippen MR) is 45.7 cm³/mol.